The minimum absolute atomic E-state index is 0.0359. The van der Waals surface area contributed by atoms with Crippen molar-refractivity contribution in [1.29, 1.82) is 0 Å². The zero-order valence-electron chi connectivity index (χ0n) is 33.4. The first-order valence-corrected chi connectivity index (χ1v) is 20.7. The van der Waals surface area contributed by atoms with E-state index in [-0.39, 0.29) is 30.4 Å². The SMILES string of the molecule is CO[C@@H]1C[C@H](O[C@@H]2/C(C)=C/C[C@H]3C[C@@H](C[C@]4(CC[C@H](C)[C@@H](C5CCCCC5)O4)O3)OC(=O)[C@@H]3C=C(C)/C(=N/O)[C@H]4OC/C(=C\C=C\[C@@H]2C)[C@@]43O)O[C@@H](C)[C@@H]1O. The molecular weight excluding hydrogens is 706 g/mol. The molecule has 2 bridgehead atoms. The van der Waals surface area contributed by atoms with Gasteiger partial charge in [0.1, 0.15) is 35.5 Å². The summed E-state index contributed by atoms with van der Waals surface area (Å²) in [6, 6.07) is 0. The van der Waals surface area contributed by atoms with Crippen LogP contribution in [-0.4, -0.2) is 107 Å². The first kappa shape index (κ1) is 40.8. The number of carbonyl (C=O) groups is 1. The van der Waals surface area contributed by atoms with E-state index in [1.54, 1.807) is 26.2 Å². The molecule has 5 aliphatic heterocycles. The number of aliphatic hydroxyl groups is 2. The van der Waals surface area contributed by atoms with Crippen LogP contribution in [0.15, 0.2) is 52.3 Å². The third-order valence-electron chi connectivity index (χ3n) is 13.6. The standard InChI is InChI=1S/C43H63NO11/c1-24-11-10-14-30-23-50-40-36(44-48)27(4)19-33(43(30,40)47)41(46)52-32-20-31(16-15-25(2)38(24)53-35-21-34(49-6)37(45)28(5)51-35)54-42(22-32)18-17-26(3)39(55-42)29-12-8-7-9-13-29/h10-11,14-15,19,24,26,28-29,31-35,37-40,45,47-48H,7-9,12-13,16-18,20-23H2,1-6H3/b11-10+,25-15+,30-14+,44-36-/t24-,26-,28-,31-,32-,33-,34+,35-,37-,38-,39-,40+,42+,43-/m0/s1. The molecule has 306 valence electrons. The zero-order valence-corrected chi connectivity index (χ0v) is 33.4. The van der Waals surface area contributed by atoms with Crippen LogP contribution in [0.1, 0.15) is 105 Å². The Hall–Kier alpha value is -2.42. The summed E-state index contributed by atoms with van der Waals surface area (Å²) in [6.45, 7) is 10.0. The Morgan fingerprint density at radius 2 is 1.80 bits per heavy atom. The Balaban J connectivity index is 1.25. The molecule has 5 fully saturated rings. The fraction of sp³-hybridized carbons (Fsp3) is 0.767. The van der Waals surface area contributed by atoms with Crippen LogP contribution < -0.4 is 0 Å². The predicted octanol–water partition coefficient (Wildman–Crippen LogP) is 6.07. The lowest BCUT2D eigenvalue weighted by Gasteiger charge is -2.51. The van der Waals surface area contributed by atoms with Crippen LogP contribution in [0, 0.1) is 23.7 Å². The summed E-state index contributed by atoms with van der Waals surface area (Å²) in [5.41, 5.74) is 0.362. The van der Waals surface area contributed by atoms with Gasteiger partial charge < -0.3 is 48.6 Å². The zero-order chi connectivity index (χ0) is 39.1. The second kappa shape index (κ2) is 16.8. The fourth-order valence-corrected chi connectivity index (χ4v) is 10.4. The number of aliphatic hydroxyl groups excluding tert-OH is 1. The molecular formula is C43H63NO11. The van der Waals surface area contributed by atoms with Crippen LogP contribution in [0.5, 0.6) is 0 Å². The van der Waals surface area contributed by atoms with E-state index in [1.807, 2.05) is 19.1 Å². The van der Waals surface area contributed by atoms with E-state index in [9.17, 15) is 20.2 Å². The first-order chi connectivity index (χ1) is 26.4. The van der Waals surface area contributed by atoms with E-state index >= 15 is 0 Å². The van der Waals surface area contributed by atoms with Gasteiger partial charge in [-0.3, -0.25) is 4.79 Å². The Labute approximate surface area is 325 Å². The molecule has 7 rings (SSSR count). The maximum atomic E-state index is 14.4. The number of fused-ring (bicyclic) bond motifs is 2. The number of oxime groups is 1. The highest BCUT2D eigenvalue weighted by molar-refractivity contribution is 6.06. The van der Waals surface area contributed by atoms with E-state index in [1.165, 1.54) is 19.3 Å². The molecule has 1 saturated carbocycles. The molecule has 1 spiro atoms. The summed E-state index contributed by atoms with van der Waals surface area (Å²) in [5.74, 6) is -1.83. The van der Waals surface area contributed by atoms with E-state index in [0.717, 1.165) is 24.8 Å². The van der Waals surface area contributed by atoms with E-state index in [0.29, 0.717) is 55.1 Å². The lowest BCUT2D eigenvalue weighted by molar-refractivity contribution is -0.342. The number of esters is 1. The summed E-state index contributed by atoms with van der Waals surface area (Å²) in [7, 11) is 1.59. The van der Waals surface area contributed by atoms with Gasteiger partial charge in [0.25, 0.3) is 0 Å². The molecule has 0 amide bonds. The van der Waals surface area contributed by atoms with Crippen LogP contribution in [-0.2, 0) is 38.0 Å². The van der Waals surface area contributed by atoms with Crippen LogP contribution in [0.2, 0.25) is 0 Å². The monoisotopic (exact) mass is 769 g/mol. The normalized spacial score (nSPS) is 47.9. The third kappa shape index (κ3) is 8.17. The van der Waals surface area contributed by atoms with Gasteiger partial charge in [-0.25, -0.2) is 0 Å². The summed E-state index contributed by atoms with van der Waals surface area (Å²) >= 11 is 0. The van der Waals surface area contributed by atoms with Gasteiger partial charge in [-0.05, 0) is 75.0 Å². The van der Waals surface area contributed by atoms with Gasteiger partial charge in [0.2, 0.25) is 0 Å². The molecule has 0 radical (unpaired) electrons. The smallest absolute Gasteiger partial charge is 0.316 e. The number of methoxy groups -OCH3 is 1. The summed E-state index contributed by atoms with van der Waals surface area (Å²) in [4.78, 5) is 14.4. The van der Waals surface area contributed by atoms with E-state index < -0.39 is 66.2 Å². The second-order valence-electron chi connectivity index (χ2n) is 17.4. The average Bonchev–Trinajstić information content (AvgIpc) is 3.50. The van der Waals surface area contributed by atoms with Crippen LogP contribution in [0.25, 0.3) is 0 Å². The fourth-order valence-electron chi connectivity index (χ4n) is 10.4. The number of carbonyl (C=O) groups excluding carboxylic acids is 1. The molecule has 2 aliphatic carbocycles. The molecule has 4 saturated heterocycles. The molecule has 7 aliphatic rings. The Kier molecular flexibility index (Phi) is 12.5. The molecule has 12 nitrogen and oxygen atoms in total. The molecule has 5 heterocycles. The number of rotatable bonds is 4. The summed E-state index contributed by atoms with van der Waals surface area (Å²) in [6.07, 6.45) is 14.4. The van der Waals surface area contributed by atoms with E-state index in [4.69, 9.17) is 33.2 Å². The molecule has 12 heteroatoms. The van der Waals surface area contributed by atoms with Gasteiger partial charge in [-0.15, -0.1) is 0 Å². The third-order valence-corrected chi connectivity index (χ3v) is 13.6. The average molecular weight is 770 g/mol. The van der Waals surface area contributed by atoms with Crippen LogP contribution >= 0.6 is 0 Å². The van der Waals surface area contributed by atoms with Crippen molar-refractivity contribution in [3.05, 3.63) is 47.1 Å². The number of ether oxygens (including phenoxy) is 7. The van der Waals surface area contributed by atoms with Crippen molar-refractivity contribution in [2.75, 3.05) is 13.7 Å². The second-order valence-corrected chi connectivity index (χ2v) is 17.4. The lowest BCUT2D eigenvalue weighted by Crippen LogP contribution is -2.57. The molecule has 0 aromatic heterocycles. The van der Waals surface area contributed by atoms with Gasteiger partial charge in [-0.2, -0.15) is 0 Å². The Morgan fingerprint density at radius 3 is 2.55 bits per heavy atom. The van der Waals surface area contributed by atoms with Crippen molar-refractivity contribution >= 4 is 11.7 Å². The highest BCUT2D eigenvalue weighted by atomic mass is 16.7. The van der Waals surface area contributed by atoms with Crippen LogP contribution in [0.3, 0.4) is 0 Å². The largest absolute Gasteiger partial charge is 0.462 e. The van der Waals surface area contributed by atoms with Crippen molar-refractivity contribution in [1.82, 2.24) is 0 Å². The number of nitrogens with zero attached hydrogens (tertiary/aromatic N) is 1. The molecule has 0 aromatic carbocycles. The van der Waals surface area contributed by atoms with Crippen molar-refractivity contribution in [2.45, 2.75) is 172 Å². The molecule has 55 heavy (non-hydrogen) atoms. The topological polar surface area (TPSA) is 155 Å². The maximum Gasteiger partial charge on any atom is 0.316 e. The highest BCUT2D eigenvalue weighted by Gasteiger charge is 2.60. The first-order valence-electron chi connectivity index (χ1n) is 20.7. The van der Waals surface area contributed by atoms with Crippen molar-refractivity contribution < 1.29 is 53.4 Å². The minimum Gasteiger partial charge on any atom is -0.462 e. The summed E-state index contributed by atoms with van der Waals surface area (Å²) in [5, 5.41) is 36.7. The number of hydrogen-bond acceptors (Lipinski definition) is 12. The van der Waals surface area contributed by atoms with Crippen molar-refractivity contribution in [3.8, 4) is 0 Å². The van der Waals surface area contributed by atoms with E-state index in [2.05, 4.69) is 32.0 Å². The minimum atomic E-state index is -1.83. The molecule has 0 unspecified atom stereocenters. The van der Waals surface area contributed by atoms with Gasteiger partial charge in [0.15, 0.2) is 12.1 Å². The quantitative estimate of drug-likeness (QED) is 0.132. The maximum absolute atomic E-state index is 14.4. The lowest BCUT2D eigenvalue weighted by atomic mass is 9.71. The summed E-state index contributed by atoms with van der Waals surface area (Å²) < 4.78 is 45.1. The van der Waals surface area contributed by atoms with Gasteiger partial charge in [-0.1, -0.05) is 68.6 Å². The van der Waals surface area contributed by atoms with Gasteiger partial charge in [0, 0.05) is 38.7 Å². The van der Waals surface area contributed by atoms with Crippen molar-refractivity contribution in [3.63, 3.8) is 0 Å². The van der Waals surface area contributed by atoms with Gasteiger partial charge >= 0.3 is 5.97 Å². The highest BCUT2D eigenvalue weighted by Crippen LogP contribution is 2.48. The number of allylic oxidation sites excluding steroid dienone is 2. The number of hydrogen-bond donors (Lipinski definition) is 3. The predicted molar refractivity (Wildman–Crippen MR) is 203 cm³/mol. The van der Waals surface area contributed by atoms with Crippen molar-refractivity contribution in [2.24, 2.45) is 28.8 Å². The van der Waals surface area contributed by atoms with Gasteiger partial charge in [0.05, 0.1) is 37.1 Å². The Morgan fingerprint density at radius 1 is 1.02 bits per heavy atom. The Bertz CT molecular complexity index is 1550. The molecule has 3 N–H and O–H groups in total. The molecule has 0 aromatic rings. The molecule has 14 atom stereocenters. The van der Waals surface area contributed by atoms with Crippen LogP contribution in [0.4, 0.5) is 0 Å².